The fourth-order valence-corrected chi connectivity index (χ4v) is 2.87. The second-order valence-electron chi connectivity index (χ2n) is 5.28. The SMILES string of the molecule is COc1ncc(C(=O)N2CC3(CN(C)C(=O)O3)C2)cc1Cl. The molecule has 3 heterocycles. The highest BCUT2D eigenvalue weighted by Gasteiger charge is 2.54. The summed E-state index contributed by atoms with van der Waals surface area (Å²) < 4.78 is 10.3. The Kier molecular flexibility index (Phi) is 3.16. The zero-order valence-corrected chi connectivity index (χ0v) is 12.4. The summed E-state index contributed by atoms with van der Waals surface area (Å²) in [6.07, 6.45) is 1.07. The molecule has 0 bridgehead atoms. The number of nitrogens with zero attached hydrogens (tertiary/aromatic N) is 3. The average Bonchev–Trinajstić information content (AvgIpc) is 2.72. The van der Waals surface area contributed by atoms with E-state index in [2.05, 4.69) is 4.98 Å². The molecule has 3 rings (SSSR count). The minimum Gasteiger partial charge on any atom is -0.480 e. The van der Waals surface area contributed by atoms with Gasteiger partial charge in [0, 0.05) is 13.2 Å². The molecule has 21 heavy (non-hydrogen) atoms. The van der Waals surface area contributed by atoms with Gasteiger partial charge < -0.3 is 19.3 Å². The molecule has 0 aliphatic carbocycles. The third-order valence-corrected chi connectivity index (χ3v) is 3.90. The predicted octanol–water partition coefficient (Wildman–Crippen LogP) is 1.02. The van der Waals surface area contributed by atoms with Crippen LogP contribution in [0, 0.1) is 0 Å². The Morgan fingerprint density at radius 1 is 1.48 bits per heavy atom. The van der Waals surface area contributed by atoms with Crippen LogP contribution in [0.25, 0.3) is 0 Å². The van der Waals surface area contributed by atoms with Crippen LogP contribution in [-0.2, 0) is 4.74 Å². The van der Waals surface area contributed by atoms with Gasteiger partial charge in [-0.05, 0) is 6.07 Å². The molecule has 2 aliphatic rings. The van der Waals surface area contributed by atoms with Crippen molar-refractivity contribution in [1.82, 2.24) is 14.8 Å². The fraction of sp³-hybridized carbons (Fsp3) is 0.462. The summed E-state index contributed by atoms with van der Waals surface area (Å²) in [4.78, 5) is 30.8. The third-order valence-electron chi connectivity index (χ3n) is 3.63. The number of amides is 2. The topological polar surface area (TPSA) is 72.0 Å². The average molecular weight is 312 g/mol. The highest BCUT2D eigenvalue weighted by atomic mass is 35.5. The first-order chi connectivity index (χ1) is 9.94. The summed E-state index contributed by atoms with van der Waals surface area (Å²) in [7, 11) is 3.13. The van der Waals surface area contributed by atoms with Crippen LogP contribution in [0.5, 0.6) is 5.88 Å². The lowest BCUT2D eigenvalue weighted by atomic mass is 9.93. The number of halogens is 1. The van der Waals surface area contributed by atoms with E-state index in [0.717, 1.165) is 0 Å². The highest BCUT2D eigenvalue weighted by Crippen LogP contribution is 2.33. The second-order valence-corrected chi connectivity index (χ2v) is 5.69. The minimum absolute atomic E-state index is 0.191. The lowest BCUT2D eigenvalue weighted by Gasteiger charge is -2.45. The van der Waals surface area contributed by atoms with Gasteiger partial charge >= 0.3 is 6.09 Å². The Balaban J connectivity index is 1.69. The van der Waals surface area contributed by atoms with Crippen molar-refractivity contribution >= 4 is 23.6 Å². The van der Waals surface area contributed by atoms with Crippen molar-refractivity contribution < 1.29 is 19.1 Å². The summed E-state index contributed by atoms with van der Waals surface area (Å²) in [6, 6.07) is 1.52. The number of carbonyl (C=O) groups is 2. The molecule has 1 aromatic heterocycles. The number of likely N-dealkylation sites (N-methyl/N-ethyl adjacent to an activating group) is 1. The molecule has 2 aliphatic heterocycles. The van der Waals surface area contributed by atoms with Crippen LogP contribution >= 0.6 is 11.6 Å². The number of ether oxygens (including phenoxy) is 2. The maximum atomic E-state index is 12.3. The van der Waals surface area contributed by atoms with E-state index in [1.807, 2.05) is 0 Å². The van der Waals surface area contributed by atoms with E-state index in [0.29, 0.717) is 25.2 Å². The largest absolute Gasteiger partial charge is 0.480 e. The summed E-state index contributed by atoms with van der Waals surface area (Å²) in [5.41, 5.74) is -0.182. The van der Waals surface area contributed by atoms with E-state index in [9.17, 15) is 9.59 Å². The lowest BCUT2D eigenvalue weighted by molar-refractivity contribution is -0.0581. The van der Waals surface area contributed by atoms with Crippen molar-refractivity contribution in [2.75, 3.05) is 33.8 Å². The van der Waals surface area contributed by atoms with Gasteiger partial charge in [-0.2, -0.15) is 0 Å². The summed E-state index contributed by atoms with van der Waals surface area (Å²) in [5, 5.41) is 0.283. The van der Waals surface area contributed by atoms with E-state index >= 15 is 0 Å². The molecule has 0 N–H and O–H groups in total. The number of carbonyl (C=O) groups excluding carboxylic acids is 2. The number of aromatic nitrogens is 1. The molecule has 0 atom stereocenters. The molecule has 0 saturated carbocycles. The van der Waals surface area contributed by atoms with E-state index in [4.69, 9.17) is 21.1 Å². The zero-order chi connectivity index (χ0) is 15.2. The third kappa shape index (κ3) is 2.27. The first-order valence-electron chi connectivity index (χ1n) is 6.37. The Labute approximate surface area is 126 Å². The van der Waals surface area contributed by atoms with E-state index in [-0.39, 0.29) is 22.9 Å². The number of hydrogen-bond acceptors (Lipinski definition) is 5. The first-order valence-corrected chi connectivity index (χ1v) is 6.75. The Hall–Kier alpha value is -2.02. The van der Waals surface area contributed by atoms with Crippen LogP contribution < -0.4 is 4.74 Å². The molecular weight excluding hydrogens is 298 g/mol. The number of rotatable bonds is 2. The normalized spacial score (nSPS) is 19.5. The number of hydrogen-bond donors (Lipinski definition) is 0. The second kappa shape index (κ2) is 4.77. The van der Waals surface area contributed by atoms with Gasteiger partial charge in [0.2, 0.25) is 5.88 Å². The van der Waals surface area contributed by atoms with Crippen LogP contribution in [0.15, 0.2) is 12.3 Å². The van der Waals surface area contributed by atoms with Crippen LogP contribution in [0.1, 0.15) is 10.4 Å². The maximum Gasteiger partial charge on any atom is 0.410 e. The van der Waals surface area contributed by atoms with Gasteiger partial charge in [-0.3, -0.25) is 4.79 Å². The zero-order valence-electron chi connectivity index (χ0n) is 11.6. The van der Waals surface area contributed by atoms with E-state index < -0.39 is 5.60 Å². The lowest BCUT2D eigenvalue weighted by Crippen LogP contribution is -2.65. The smallest absolute Gasteiger partial charge is 0.410 e. The molecule has 2 saturated heterocycles. The van der Waals surface area contributed by atoms with Gasteiger partial charge in [-0.1, -0.05) is 11.6 Å². The van der Waals surface area contributed by atoms with E-state index in [1.165, 1.54) is 24.3 Å². The van der Waals surface area contributed by atoms with Gasteiger partial charge in [0.25, 0.3) is 5.91 Å². The summed E-state index contributed by atoms with van der Waals surface area (Å²) in [6.45, 7) is 1.26. The van der Waals surface area contributed by atoms with Crippen molar-refractivity contribution in [3.8, 4) is 5.88 Å². The number of pyridine rings is 1. The van der Waals surface area contributed by atoms with E-state index in [1.54, 1.807) is 11.9 Å². The molecule has 8 heteroatoms. The van der Waals surface area contributed by atoms with Crippen molar-refractivity contribution in [3.63, 3.8) is 0 Å². The quantitative estimate of drug-likeness (QED) is 0.815. The van der Waals surface area contributed by atoms with Gasteiger partial charge in [-0.15, -0.1) is 0 Å². The summed E-state index contributed by atoms with van der Waals surface area (Å²) >= 11 is 5.96. The molecule has 112 valence electrons. The van der Waals surface area contributed by atoms with Crippen molar-refractivity contribution in [1.29, 1.82) is 0 Å². The Morgan fingerprint density at radius 2 is 2.19 bits per heavy atom. The maximum absolute atomic E-state index is 12.3. The molecule has 1 spiro atoms. The van der Waals surface area contributed by atoms with Crippen LogP contribution in [-0.4, -0.2) is 66.2 Å². The van der Waals surface area contributed by atoms with Crippen molar-refractivity contribution in [2.24, 2.45) is 0 Å². The van der Waals surface area contributed by atoms with Gasteiger partial charge in [0.05, 0.1) is 32.3 Å². The predicted molar refractivity (Wildman–Crippen MR) is 73.5 cm³/mol. The van der Waals surface area contributed by atoms with Gasteiger partial charge in [0.1, 0.15) is 5.02 Å². The molecule has 2 fully saturated rings. The number of likely N-dealkylation sites (tertiary alicyclic amines) is 1. The molecule has 1 aromatic rings. The monoisotopic (exact) mass is 311 g/mol. The van der Waals surface area contributed by atoms with Gasteiger partial charge in [0.15, 0.2) is 5.60 Å². The standard InChI is InChI=1S/C13H14ClN3O4/c1-16-5-13(21-12(16)19)6-17(7-13)11(18)8-3-9(14)10(20-2)15-4-8/h3-4H,5-7H2,1-2H3. The first kappa shape index (κ1) is 13.9. The van der Waals surface area contributed by atoms with Crippen molar-refractivity contribution in [2.45, 2.75) is 5.60 Å². The summed E-state index contributed by atoms with van der Waals surface area (Å²) in [5.74, 6) is 0.0860. The van der Waals surface area contributed by atoms with Crippen LogP contribution in [0.4, 0.5) is 4.79 Å². The molecule has 0 unspecified atom stereocenters. The van der Waals surface area contributed by atoms with Crippen LogP contribution in [0.3, 0.4) is 0 Å². The minimum atomic E-state index is -0.564. The van der Waals surface area contributed by atoms with Crippen molar-refractivity contribution in [3.05, 3.63) is 22.8 Å². The Bertz CT molecular complexity index is 615. The molecule has 0 aromatic carbocycles. The molecule has 7 nitrogen and oxygen atoms in total. The molecule has 0 radical (unpaired) electrons. The number of methoxy groups -OCH3 is 1. The fourth-order valence-electron chi connectivity index (χ4n) is 2.62. The van der Waals surface area contributed by atoms with Crippen LogP contribution in [0.2, 0.25) is 5.02 Å². The molecular formula is C13H14ClN3O4. The highest BCUT2D eigenvalue weighted by molar-refractivity contribution is 6.32. The van der Waals surface area contributed by atoms with Gasteiger partial charge in [-0.25, -0.2) is 9.78 Å². The molecule has 2 amide bonds. The Morgan fingerprint density at radius 3 is 2.71 bits per heavy atom.